The van der Waals surface area contributed by atoms with Crippen molar-refractivity contribution < 1.29 is 4.52 Å². The summed E-state index contributed by atoms with van der Waals surface area (Å²) in [6.45, 7) is 2.24. The topological polar surface area (TPSA) is 51.8 Å². The number of aryl methyl sites for hydroxylation is 1. The first-order valence-electron chi connectivity index (χ1n) is 8.92. The van der Waals surface area contributed by atoms with E-state index in [1.807, 2.05) is 12.1 Å². The van der Waals surface area contributed by atoms with Crippen LogP contribution in [0.2, 0.25) is 10.2 Å². The first kappa shape index (κ1) is 18.9. The minimum absolute atomic E-state index is 0.281. The molecule has 0 fully saturated rings. The average Bonchev–Trinajstić information content (AvgIpc) is 3.14. The highest BCUT2D eigenvalue weighted by atomic mass is 35.5. The quantitative estimate of drug-likeness (QED) is 0.320. The molecule has 0 amide bonds. The predicted molar refractivity (Wildman–Crippen MR) is 105 cm³/mol. The zero-order valence-corrected chi connectivity index (χ0v) is 16.2. The van der Waals surface area contributed by atoms with E-state index in [1.165, 1.54) is 43.9 Å². The van der Waals surface area contributed by atoms with E-state index < -0.39 is 0 Å². The van der Waals surface area contributed by atoms with Gasteiger partial charge in [0.05, 0.1) is 10.6 Å². The summed E-state index contributed by atoms with van der Waals surface area (Å²) in [4.78, 5) is 8.42. The third kappa shape index (κ3) is 4.83. The van der Waals surface area contributed by atoms with Gasteiger partial charge in [-0.05, 0) is 24.5 Å². The molecule has 0 unspecified atom stereocenters. The summed E-state index contributed by atoms with van der Waals surface area (Å²) in [5.74, 6) is 0.825. The van der Waals surface area contributed by atoms with Gasteiger partial charge in [0.15, 0.2) is 0 Å². The zero-order chi connectivity index (χ0) is 18.4. The molecule has 6 heteroatoms. The van der Waals surface area contributed by atoms with Gasteiger partial charge in [-0.1, -0.05) is 85.2 Å². The Bertz CT molecular complexity index is 847. The SMILES string of the molecule is CCCCCCCc1ccc(-c2noc(-c3cc(Cl)cnc3Cl)n2)cc1. The first-order chi connectivity index (χ1) is 12.7. The van der Waals surface area contributed by atoms with E-state index in [4.69, 9.17) is 27.7 Å². The molecule has 4 nitrogen and oxygen atoms in total. The molecule has 26 heavy (non-hydrogen) atoms. The van der Waals surface area contributed by atoms with Gasteiger partial charge in [-0.25, -0.2) is 4.98 Å². The highest BCUT2D eigenvalue weighted by Crippen LogP contribution is 2.29. The molecule has 0 spiro atoms. The molecule has 136 valence electrons. The van der Waals surface area contributed by atoms with E-state index in [1.54, 1.807) is 6.07 Å². The number of hydrogen-bond donors (Lipinski definition) is 0. The fourth-order valence-corrected chi connectivity index (χ4v) is 3.12. The molecule has 3 aromatic rings. The lowest BCUT2D eigenvalue weighted by atomic mass is 10.0. The minimum atomic E-state index is 0.281. The number of unbranched alkanes of at least 4 members (excludes halogenated alkanes) is 4. The molecule has 0 bridgehead atoms. The van der Waals surface area contributed by atoms with Gasteiger partial charge in [0.1, 0.15) is 5.15 Å². The number of halogens is 2. The van der Waals surface area contributed by atoms with Gasteiger partial charge < -0.3 is 4.52 Å². The maximum absolute atomic E-state index is 6.09. The van der Waals surface area contributed by atoms with Crippen LogP contribution in [-0.4, -0.2) is 15.1 Å². The Balaban J connectivity index is 1.67. The molecule has 2 aromatic heterocycles. The normalized spacial score (nSPS) is 11.0. The van der Waals surface area contributed by atoms with E-state index in [2.05, 4.69) is 34.2 Å². The number of nitrogens with zero attached hydrogens (tertiary/aromatic N) is 3. The Labute approximate surface area is 163 Å². The van der Waals surface area contributed by atoms with E-state index in [0.717, 1.165) is 12.0 Å². The monoisotopic (exact) mass is 389 g/mol. The van der Waals surface area contributed by atoms with Gasteiger partial charge in [0, 0.05) is 11.8 Å². The van der Waals surface area contributed by atoms with Crippen LogP contribution in [0.15, 0.2) is 41.1 Å². The largest absolute Gasteiger partial charge is 0.333 e. The number of hydrogen-bond acceptors (Lipinski definition) is 4. The van der Waals surface area contributed by atoms with Crippen LogP contribution in [0.5, 0.6) is 0 Å². The summed E-state index contributed by atoms with van der Waals surface area (Å²) >= 11 is 12.1. The lowest BCUT2D eigenvalue weighted by Gasteiger charge is -2.02. The molecule has 1 aromatic carbocycles. The molecule has 0 aliphatic heterocycles. The molecule has 0 N–H and O–H groups in total. The van der Waals surface area contributed by atoms with Crippen LogP contribution in [0.4, 0.5) is 0 Å². The third-order valence-electron chi connectivity index (χ3n) is 4.24. The lowest BCUT2D eigenvalue weighted by Crippen LogP contribution is -1.88. The van der Waals surface area contributed by atoms with Crippen LogP contribution in [0, 0.1) is 0 Å². The van der Waals surface area contributed by atoms with E-state index in [9.17, 15) is 0 Å². The number of benzene rings is 1. The van der Waals surface area contributed by atoms with Crippen molar-refractivity contribution in [2.45, 2.75) is 45.4 Å². The van der Waals surface area contributed by atoms with Crippen LogP contribution >= 0.6 is 23.2 Å². The second-order valence-electron chi connectivity index (χ2n) is 6.28. The fraction of sp³-hybridized carbons (Fsp3) is 0.350. The van der Waals surface area contributed by atoms with Crippen molar-refractivity contribution in [3.05, 3.63) is 52.3 Å². The van der Waals surface area contributed by atoms with Crippen LogP contribution < -0.4 is 0 Å². The van der Waals surface area contributed by atoms with Crippen LogP contribution in [0.25, 0.3) is 22.8 Å². The summed E-state index contributed by atoms with van der Waals surface area (Å²) in [5, 5.41) is 4.79. The van der Waals surface area contributed by atoms with Gasteiger partial charge in [-0.2, -0.15) is 4.98 Å². The number of rotatable bonds is 8. The van der Waals surface area contributed by atoms with Crippen molar-refractivity contribution >= 4 is 23.2 Å². The Morgan fingerprint density at radius 3 is 2.54 bits per heavy atom. The molecule has 0 aliphatic carbocycles. The summed E-state index contributed by atoms with van der Waals surface area (Å²) in [7, 11) is 0. The Morgan fingerprint density at radius 2 is 1.77 bits per heavy atom. The van der Waals surface area contributed by atoms with E-state index >= 15 is 0 Å². The first-order valence-corrected chi connectivity index (χ1v) is 9.67. The summed E-state index contributed by atoms with van der Waals surface area (Å²) in [6, 6.07) is 9.95. The van der Waals surface area contributed by atoms with Gasteiger partial charge in [-0.15, -0.1) is 0 Å². The van der Waals surface area contributed by atoms with Gasteiger partial charge in [0.2, 0.25) is 5.82 Å². The standard InChI is InChI=1S/C20H21Cl2N3O/c1-2-3-4-5-6-7-14-8-10-15(11-9-14)19-24-20(26-25-19)17-12-16(21)13-23-18(17)22/h8-13H,2-7H2,1H3. The van der Waals surface area contributed by atoms with Gasteiger partial charge >= 0.3 is 0 Å². The fourth-order valence-electron chi connectivity index (χ4n) is 2.78. The Hall–Kier alpha value is -1.91. The van der Waals surface area contributed by atoms with Crippen molar-refractivity contribution in [3.63, 3.8) is 0 Å². The lowest BCUT2D eigenvalue weighted by molar-refractivity contribution is 0.432. The van der Waals surface area contributed by atoms with Crippen molar-refractivity contribution in [3.8, 4) is 22.8 Å². The van der Waals surface area contributed by atoms with Crippen LogP contribution in [0.1, 0.15) is 44.6 Å². The van der Waals surface area contributed by atoms with Gasteiger partial charge in [0.25, 0.3) is 5.89 Å². The summed E-state index contributed by atoms with van der Waals surface area (Å²) in [5.41, 5.74) is 2.76. The summed E-state index contributed by atoms with van der Waals surface area (Å²) < 4.78 is 5.33. The maximum Gasteiger partial charge on any atom is 0.261 e. The van der Waals surface area contributed by atoms with Crippen LogP contribution in [0.3, 0.4) is 0 Å². The van der Waals surface area contributed by atoms with Crippen molar-refractivity contribution in [2.24, 2.45) is 0 Å². The molecular weight excluding hydrogens is 369 g/mol. The second kappa shape index (κ2) is 9.15. The van der Waals surface area contributed by atoms with Crippen molar-refractivity contribution in [2.75, 3.05) is 0 Å². The maximum atomic E-state index is 6.09. The van der Waals surface area contributed by atoms with E-state index in [0.29, 0.717) is 22.3 Å². The molecule has 0 aliphatic rings. The average molecular weight is 390 g/mol. The van der Waals surface area contributed by atoms with Crippen LogP contribution in [-0.2, 0) is 6.42 Å². The molecule has 0 atom stereocenters. The van der Waals surface area contributed by atoms with Crippen molar-refractivity contribution in [1.82, 2.24) is 15.1 Å². The highest BCUT2D eigenvalue weighted by molar-refractivity contribution is 6.34. The predicted octanol–water partition coefficient (Wildman–Crippen LogP) is 6.62. The summed E-state index contributed by atoms with van der Waals surface area (Å²) in [6.07, 6.45) is 9.02. The molecule has 0 radical (unpaired) electrons. The minimum Gasteiger partial charge on any atom is -0.333 e. The smallest absolute Gasteiger partial charge is 0.261 e. The van der Waals surface area contributed by atoms with E-state index in [-0.39, 0.29) is 5.15 Å². The molecule has 0 saturated heterocycles. The molecule has 3 rings (SSSR count). The van der Waals surface area contributed by atoms with Crippen molar-refractivity contribution in [1.29, 1.82) is 0 Å². The number of aromatic nitrogens is 3. The zero-order valence-electron chi connectivity index (χ0n) is 14.7. The second-order valence-corrected chi connectivity index (χ2v) is 7.07. The molecular formula is C20H21Cl2N3O. The Morgan fingerprint density at radius 1 is 1.00 bits per heavy atom. The van der Waals surface area contributed by atoms with Gasteiger partial charge in [-0.3, -0.25) is 0 Å². The third-order valence-corrected chi connectivity index (χ3v) is 4.75. The molecule has 0 saturated carbocycles. The number of pyridine rings is 1. The molecule has 2 heterocycles. The highest BCUT2D eigenvalue weighted by Gasteiger charge is 2.15. The Kier molecular flexibility index (Phi) is 6.64.